The molecule has 30 heavy (non-hydrogen) atoms. The molecule has 1 aliphatic heterocycles. The summed E-state index contributed by atoms with van der Waals surface area (Å²) in [6.07, 6.45) is -0.0397. The van der Waals surface area contributed by atoms with Crippen LogP contribution in [-0.4, -0.2) is 67.7 Å². The topological polar surface area (TPSA) is 126 Å². The zero-order valence-electron chi connectivity index (χ0n) is 17.9. The first-order valence-corrected chi connectivity index (χ1v) is 9.78. The molecule has 10 heteroatoms. The van der Waals surface area contributed by atoms with Crippen molar-refractivity contribution in [2.75, 3.05) is 13.2 Å². The lowest BCUT2D eigenvalue weighted by Gasteiger charge is -2.44. The second-order valence-electron chi connectivity index (χ2n) is 6.88. The molecule has 0 aromatic heterocycles. The lowest BCUT2D eigenvalue weighted by atomic mass is 9.96. The summed E-state index contributed by atoms with van der Waals surface area (Å²) < 4.78 is 27.4. The van der Waals surface area contributed by atoms with Gasteiger partial charge >= 0.3 is 17.9 Å². The summed E-state index contributed by atoms with van der Waals surface area (Å²) >= 11 is 0. The maximum atomic E-state index is 11.8. The van der Waals surface area contributed by atoms with E-state index in [1.54, 1.807) is 6.08 Å². The van der Waals surface area contributed by atoms with Crippen LogP contribution < -0.4 is 5.32 Å². The molecule has 1 fully saturated rings. The Hall–Kier alpha value is -2.46. The highest BCUT2D eigenvalue weighted by atomic mass is 16.7. The van der Waals surface area contributed by atoms with Gasteiger partial charge in [0.25, 0.3) is 0 Å². The number of amides is 1. The molecule has 1 heterocycles. The molecule has 0 aromatic rings. The molecule has 1 rings (SSSR count). The number of unbranched alkanes of at least 4 members (excludes halogenated alkanes) is 2. The van der Waals surface area contributed by atoms with E-state index in [1.807, 2.05) is 0 Å². The Bertz CT molecular complexity index is 621. The van der Waals surface area contributed by atoms with E-state index in [4.69, 9.17) is 23.7 Å². The van der Waals surface area contributed by atoms with Gasteiger partial charge in [-0.15, -0.1) is 6.58 Å². The predicted molar refractivity (Wildman–Crippen MR) is 104 cm³/mol. The Balaban J connectivity index is 3.14. The van der Waals surface area contributed by atoms with E-state index in [1.165, 1.54) is 27.7 Å². The van der Waals surface area contributed by atoms with Gasteiger partial charge in [-0.05, 0) is 19.3 Å². The number of hydrogen-bond donors (Lipinski definition) is 1. The Morgan fingerprint density at radius 3 is 2.13 bits per heavy atom. The molecule has 1 N–H and O–H groups in total. The zero-order chi connectivity index (χ0) is 22.7. The molecule has 5 atom stereocenters. The van der Waals surface area contributed by atoms with Crippen molar-refractivity contribution < 1.29 is 42.9 Å². The van der Waals surface area contributed by atoms with E-state index >= 15 is 0 Å². The summed E-state index contributed by atoms with van der Waals surface area (Å²) in [4.78, 5) is 46.4. The zero-order valence-corrected chi connectivity index (χ0v) is 17.9. The van der Waals surface area contributed by atoms with Crippen LogP contribution in [0.3, 0.4) is 0 Å². The van der Waals surface area contributed by atoms with Crippen molar-refractivity contribution in [3.63, 3.8) is 0 Å². The monoisotopic (exact) mass is 429 g/mol. The molecule has 1 aliphatic rings. The van der Waals surface area contributed by atoms with Gasteiger partial charge in [-0.3, -0.25) is 19.2 Å². The number of carbonyl (C=O) groups is 4. The van der Waals surface area contributed by atoms with Crippen LogP contribution in [0.1, 0.15) is 47.0 Å². The van der Waals surface area contributed by atoms with E-state index in [0.29, 0.717) is 13.0 Å². The molecule has 2 unspecified atom stereocenters. The fourth-order valence-electron chi connectivity index (χ4n) is 3.02. The highest BCUT2D eigenvalue weighted by Gasteiger charge is 2.51. The van der Waals surface area contributed by atoms with Crippen molar-refractivity contribution in [2.45, 2.75) is 77.6 Å². The van der Waals surface area contributed by atoms with Crippen LogP contribution in [-0.2, 0) is 42.9 Å². The third kappa shape index (κ3) is 8.91. The molecule has 0 spiro atoms. The van der Waals surface area contributed by atoms with Crippen LogP contribution in [0, 0.1) is 0 Å². The maximum Gasteiger partial charge on any atom is 0.303 e. The minimum Gasteiger partial charge on any atom is -0.463 e. The van der Waals surface area contributed by atoms with Crippen molar-refractivity contribution in [1.82, 2.24) is 5.32 Å². The highest BCUT2D eigenvalue weighted by molar-refractivity contribution is 5.73. The Morgan fingerprint density at radius 2 is 1.60 bits per heavy atom. The standard InChI is InChI=1S/C20H31NO9/c1-6-7-8-9-10-26-20-17(21-12(2)22)19(29-15(5)25)18(28-14(4)24)16(30-20)11-27-13(3)23/h6,16-20H,1,7-11H2,2-5H3,(H,21,22)/t16?,17-,18-,19?,20+/m0/s1. The molecular formula is C20H31NO9. The van der Waals surface area contributed by atoms with Crippen LogP contribution >= 0.6 is 0 Å². The quantitative estimate of drug-likeness (QED) is 0.222. The molecule has 0 saturated carbocycles. The van der Waals surface area contributed by atoms with Crippen molar-refractivity contribution in [3.8, 4) is 0 Å². The summed E-state index contributed by atoms with van der Waals surface area (Å²) in [5, 5.41) is 2.65. The maximum absolute atomic E-state index is 11.8. The number of allylic oxidation sites excluding steroid dienone is 1. The smallest absolute Gasteiger partial charge is 0.303 e. The van der Waals surface area contributed by atoms with Gasteiger partial charge in [0.05, 0.1) is 0 Å². The Morgan fingerprint density at radius 1 is 0.967 bits per heavy atom. The lowest BCUT2D eigenvalue weighted by Crippen LogP contribution is -2.66. The number of rotatable bonds is 11. The number of hydrogen-bond acceptors (Lipinski definition) is 9. The van der Waals surface area contributed by atoms with Gasteiger partial charge in [0.1, 0.15) is 18.8 Å². The van der Waals surface area contributed by atoms with Crippen LogP contribution in [0.25, 0.3) is 0 Å². The van der Waals surface area contributed by atoms with E-state index in [2.05, 4.69) is 11.9 Å². The second-order valence-corrected chi connectivity index (χ2v) is 6.88. The van der Waals surface area contributed by atoms with Crippen molar-refractivity contribution in [3.05, 3.63) is 12.7 Å². The molecule has 0 aliphatic carbocycles. The molecular weight excluding hydrogens is 398 g/mol. The molecule has 10 nitrogen and oxygen atoms in total. The van der Waals surface area contributed by atoms with E-state index in [9.17, 15) is 19.2 Å². The molecule has 170 valence electrons. The SMILES string of the molecule is C=CCCCCO[C@@H]1OC(COC(C)=O)[C@H](OC(C)=O)C(OC(C)=O)[C@@H]1NC(C)=O. The van der Waals surface area contributed by atoms with Crippen molar-refractivity contribution in [1.29, 1.82) is 0 Å². The second kappa shape index (κ2) is 13.0. The summed E-state index contributed by atoms with van der Waals surface area (Å²) in [5.41, 5.74) is 0. The first kappa shape index (κ1) is 25.6. The lowest BCUT2D eigenvalue weighted by molar-refractivity contribution is -0.277. The van der Waals surface area contributed by atoms with Crippen LogP contribution in [0.5, 0.6) is 0 Å². The third-order valence-electron chi connectivity index (χ3n) is 4.16. The Labute approximate surface area is 176 Å². The van der Waals surface area contributed by atoms with Gasteiger partial charge in [0, 0.05) is 34.3 Å². The molecule has 1 saturated heterocycles. The Kier molecular flexibility index (Phi) is 11.1. The molecule has 0 aromatic carbocycles. The summed E-state index contributed by atoms with van der Waals surface area (Å²) in [7, 11) is 0. The number of ether oxygens (including phenoxy) is 5. The fourth-order valence-corrected chi connectivity index (χ4v) is 3.02. The predicted octanol–water partition coefficient (Wildman–Crippen LogP) is 1.02. The van der Waals surface area contributed by atoms with Crippen molar-refractivity contribution in [2.24, 2.45) is 0 Å². The van der Waals surface area contributed by atoms with Gasteiger partial charge < -0.3 is 29.0 Å². The van der Waals surface area contributed by atoms with Gasteiger partial charge in [0.2, 0.25) is 5.91 Å². The minimum atomic E-state index is -1.12. The highest BCUT2D eigenvalue weighted by Crippen LogP contribution is 2.28. The van der Waals surface area contributed by atoms with E-state index < -0.39 is 54.5 Å². The number of nitrogens with one attached hydrogen (secondary N) is 1. The van der Waals surface area contributed by atoms with Gasteiger partial charge in [-0.2, -0.15) is 0 Å². The number of esters is 3. The van der Waals surface area contributed by atoms with E-state index in [0.717, 1.165) is 12.8 Å². The summed E-state index contributed by atoms with van der Waals surface area (Å²) in [5.74, 6) is -2.28. The third-order valence-corrected chi connectivity index (χ3v) is 4.16. The minimum absolute atomic E-state index is 0.256. The van der Waals surface area contributed by atoms with E-state index in [-0.39, 0.29) is 6.61 Å². The van der Waals surface area contributed by atoms with Gasteiger partial charge in [-0.1, -0.05) is 6.08 Å². The first-order chi connectivity index (χ1) is 14.1. The average Bonchev–Trinajstić information content (AvgIpc) is 2.63. The number of carbonyl (C=O) groups excluding carboxylic acids is 4. The average molecular weight is 429 g/mol. The van der Waals surface area contributed by atoms with Gasteiger partial charge in [-0.25, -0.2) is 0 Å². The van der Waals surface area contributed by atoms with Crippen LogP contribution in [0.15, 0.2) is 12.7 Å². The summed E-state index contributed by atoms with van der Waals surface area (Å²) in [6, 6.07) is -0.941. The van der Waals surface area contributed by atoms with Crippen LogP contribution in [0.4, 0.5) is 0 Å². The normalized spacial score (nSPS) is 25.7. The van der Waals surface area contributed by atoms with Crippen molar-refractivity contribution >= 4 is 23.8 Å². The largest absolute Gasteiger partial charge is 0.463 e. The molecule has 0 bridgehead atoms. The summed E-state index contributed by atoms with van der Waals surface area (Å²) in [6.45, 7) is 8.60. The molecule has 1 amide bonds. The first-order valence-electron chi connectivity index (χ1n) is 9.78. The van der Waals surface area contributed by atoms with Crippen LogP contribution in [0.2, 0.25) is 0 Å². The van der Waals surface area contributed by atoms with Gasteiger partial charge in [0.15, 0.2) is 18.5 Å². The fraction of sp³-hybridized carbons (Fsp3) is 0.700. The molecule has 0 radical (unpaired) electrons.